The van der Waals surface area contributed by atoms with Crippen molar-refractivity contribution < 1.29 is 0 Å². The first-order valence-electron chi connectivity index (χ1n) is 5.57. The number of hydrogen-bond acceptors (Lipinski definition) is 1. The van der Waals surface area contributed by atoms with E-state index in [4.69, 9.17) is 12.2 Å². The smallest absolute Gasteiger partial charge is 0.127 e. The Bertz CT molecular complexity index is 596. The van der Waals surface area contributed by atoms with Crippen LogP contribution < -0.4 is 0 Å². The molecule has 0 spiro atoms. The quantitative estimate of drug-likeness (QED) is 0.795. The molecule has 0 aliphatic rings. The summed E-state index contributed by atoms with van der Waals surface area (Å²) in [7, 11) is 0. The standard InChI is InChI=1S/C13H15BrN2S/c1-8(2)11-7-13(17)16(15-11)12-5-4-10(14)6-9(12)3/h4-8,15H,1-3H3. The predicted molar refractivity (Wildman–Crippen MR) is 77.5 cm³/mol. The van der Waals surface area contributed by atoms with Crippen LogP contribution in [0.5, 0.6) is 0 Å². The molecule has 0 atom stereocenters. The Balaban J connectivity index is 2.57. The Hall–Kier alpha value is -0.870. The van der Waals surface area contributed by atoms with E-state index in [0.29, 0.717) is 5.92 Å². The predicted octanol–water partition coefficient (Wildman–Crippen LogP) is 4.73. The van der Waals surface area contributed by atoms with Crippen molar-refractivity contribution in [1.82, 2.24) is 9.78 Å². The van der Waals surface area contributed by atoms with E-state index in [-0.39, 0.29) is 0 Å². The summed E-state index contributed by atoms with van der Waals surface area (Å²) in [5.41, 5.74) is 3.45. The molecule has 90 valence electrons. The summed E-state index contributed by atoms with van der Waals surface area (Å²) < 4.78 is 3.87. The Labute approximate surface area is 115 Å². The summed E-state index contributed by atoms with van der Waals surface area (Å²) in [5.74, 6) is 0.453. The van der Waals surface area contributed by atoms with Crippen LogP contribution in [0.25, 0.3) is 5.69 Å². The van der Waals surface area contributed by atoms with E-state index < -0.39 is 0 Å². The first-order chi connectivity index (χ1) is 7.99. The van der Waals surface area contributed by atoms with Crippen molar-refractivity contribution in [3.8, 4) is 5.69 Å². The van der Waals surface area contributed by atoms with E-state index in [1.807, 2.05) is 16.8 Å². The molecule has 2 rings (SSSR count). The van der Waals surface area contributed by atoms with E-state index in [1.54, 1.807) is 0 Å². The summed E-state index contributed by atoms with van der Waals surface area (Å²) in [5, 5.41) is 3.35. The van der Waals surface area contributed by atoms with Gasteiger partial charge in [0, 0.05) is 10.2 Å². The first kappa shape index (κ1) is 12.6. The van der Waals surface area contributed by atoms with Gasteiger partial charge in [-0.25, -0.2) is 4.68 Å². The van der Waals surface area contributed by atoms with Crippen molar-refractivity contribution >= 4 is 28.1 Å². The molecule has 2 aromatic rings. The molecule has 0 saturated carbocycles. The third-order valence-corrected chi connectivity index (χ3v) is 3.56. The molecular formula is C13H15BrN2S. The highest BCUT2D eigenvalue weighted by molar-refractivity contribution is 9.10. The maximum atomic E-state index is 5.39. The van der Waals surface area contributed by atoms with Crippen molar-refractivity contribution in [3.63, 3.8) is 0 Å². The monoisotopic (exact) mass is 310 g/mol. The molecule has 0 unspecified atom stereocenters. The van der Waals surface area contributed by atoms with Gasteiger partial charge in [-0.1, -0.05) is 42.0 Å². The van der Waals surface area contributed by atoms with Gasteiger partial charge >= 0.3 is 0 Å². The van der Waals surface area contributed by atoms with Gasteiger partial charge in [-0.05, 0) is 42.7 Å². The lowest BCUT2D eigenvalue weighted by molar-refractivity contribution is 0.763. The normalized spacial score (nSPS) is 11.1. The highest BCUT2D eigenvalue weighted by Gasteiger charge is 2.07. The van der Waals surface area contributed by atoms with Gasteiger partial charge in [-0.15, -0.1) is 0 Å². The number of aromatic amines is 1. The minimum Gasteiger partial charge on any atom is -0.297 e. The minimum atomic E-state index is 0.453. The van der Waals surface area contributed by atoms with Crippen LogP contribution in [0.4, 0.5) is 0 Å². The van der Waals surface area contributed by atoms with E-state index in [1.165, 1.54) is 5.56 Å². The number of aryl methyl sites for hydroxylation is 1. The zero-order valence-corrected chi connectivity index (χ0v) is 12.5. The van der Waals surface area contributed by atoms with Gasteiger partial charge < -0.3 is 0 Å². The Morgan fingerprint density at radius 1 is 1.29 bits per heavy atom. The summed E-state index contributed by atoms with van der Waals surface area (Å²) >= 11 is 8.86. The van der Waals surface area contributed by atoms with Gasteiger partial charge in [0.15, 0.2) is 0 Å². The molecule has 0 aliphatic carbocycles. The molecule has 1 aromatic heterocycles. The second-order valence-corrected chi connectivity index (χ2v) is 5.80. The van der Waals surface area contributed by atoms with Crippen LogP contribution in [0, 0.1) is 11.6 Å². The molecule has 0 aliphatic heterocycles. The molecule has 1 N–H and O–H groups in total. The zero-order chi connectivity index (χ0) is 12.6. The maximum absolute atomic E-state index is 5.39. The topological polar surface area (TPSA) is 20.7 Å². The van der Waals surface area contributed by atoms with Gasteiger partial charge in [0.25, 0.3) is 0 Å². The molecule has 2 nitrogen and oxygen atoms in total. The third kappa shape index (κ3) is 2.53. The Morgan fingerprint density at radius 3 is 2.53 bits per heavy atom. The lowest BCUT2D eigenvalue weighted by atomic mass is 10.1. The lowest BCUT2D eigenvalue weighted by Crippen LogP contribution is -2.00. The van der Waals surface area contributed by atoms with Crippen molar-refractivity contribution in [3.05, 3.63) is 44.6 Å². The number of nitrogens with one attached hydrogen (secondary N) is 1. The van der Waals surface area contributed by atoms with Gasteiger partial charge in [-0.3, -0.25) is 5.10 Å². The second-order valence-electron chi connectivity index (χ2n) is 4.47. The van der Waals surface area contributed by atoms with Gasteiger partial charge in [0.1, 0.15) is 4.64 Å². The summed E-state index contributed by atoms with van der Waals surface area (Å²) in [6.45, 7) is 6.39. The highest BCUT2D eigenvalue weighted by Crippen LogP contribution is 2.21. The molecule has 1 aromatic carbocycles. The fourth-order valence-corrected chi connectivity index (χ4v) is 2.51. The average molecular weight is 311 g/mol. The molecule has 0 amide bonds. The van der Waals surface area contributed by atoms with Crippen LogP contribution in [0.3, 0.4) is 0 Å². The lowest BCUT2D eigenvalue weighted by Gasteiger charge is -2.08. The van der Waals surface area contributed by atoms with Crippen LogP contribution in [0.15, 0.2) is 28.7 Å². The number of rotatable bonds is 2. The van der Waals surface area contributed by atoms with Crippen LogP contribution in [0.1, 0.15) is 31.0 Å². The summed E-state index contributed by atoms with van der Waals surface area (Å²) in [4.78, 5) is 0. The molecule has 0 radical (unpaired) electrons. The van der Waals surface area contributed by atoms with Gasteiger partial charge in [0.05, 0.1) is 5.69 Å². The molecule has 4 heteroatoms. The average Bonchev–Trinajstić information content (AvgIpc) is 2.61. The van der Waals surface area contributed by atoms with Crippen molar-refractivity contribution in [1.29, 1.82) is 0 Å². The minimum absolute atomic E-state index is 0.453. The number of hydrogen-bond donors (Lipinski definition) is 1. The SMILES string of the molecule is Cc1cc(Br)ccc1-n1[nH]c(C(C)C)cc1=S. The van der Waals surface area contributed by atoms with E-state index >= 15 is 0 Å². The number of benzene rings is 1. The van der Waals surface area contributed by atoms with Crippen LogP contribution >= 0.6 is 28.1 Å². The summed E-state index contributed by atoms with van der Waals surface area (Å²) in [6, 6.07) is 8.21. The Kier molecular flexibility index (Phi) is 3.54. The van der Waals surface area contributed by atoms with Crippen molar-refractivity contribution in [2.75, 3.05) is 0 Å². The molecule has 0 bridgehead atoms. The third-order valence-electron chi connectivity index (χ3n) is 2.76. The zero-order valence-electron chi connectivity index (χ0n) is 10.1. The molecular weight excluding hydrogens is 296 g/mol. The van der Waals surface area contributed by atoms with Crippen molar-refractivity contribution in [2.45, 2.75) is 26.7 Å². The number of halogens is 1. The first-order valence-corrected chi connectivity index (χ1v) is 6.77. The fraction of sp³-hybridized carbons (Fsp3) is 0.308. The largest absolute Gasteiger partial charge is 0.297 e. The van der Waals surface area contributed by atoms with Crippen molar-refractivity contribution in [2.24, 2.45) is 0 Å². The number of nitrogens with zero attached hydrogens (tertiary/aromatic N) is 1. The number of aromatic nitrogens is 2. The van der Waals surface area contributed by atoms with Crippen LogP contribution in [0.2, 0.25) is 0 Å². The molecule has 17 heavy (non-hydrogen) atoms. The van der Waals surface area contributed by atoms with E-state index in [2.05, 4.69) is 53.9 Å². The summed E-state index contributed by atoms with van der Waals surface area (Å²) in [6.07, 6.45) is 0. The van der Waals surface area contributed by atoms with Gasteiger partial charge in [-0.2, -0.15) is 0 Å². The second kappa shape index (κ2) is 4.78. The molecule has 0 fully saturated rings. The Morgan fingerprint density at radius 2 is 2.00 bits per heavy atom. The van der Waals surface area contributed by atoms with E-state index in [9.17, 15) is 0 Å². The number of H-pyrrole nitrogens is 1. The fourth-order valence-electron chi connectivity index (χ4n) is 1.76. The molecule has 1 heterocycles. The van der Waals surface area contributed by atoms with Crippen LogP contribution in [-0.2, 0) is 0 Å². The van der Waals surface area contributed by atoms with Gasteiger partial charge in [0.2, 0.25) is 0 Å². The van der Waals surface area contributed by atoms with E-state index in [0.717, 1.165) is 20.5 Å². The van der Waals surface area contributed by atoms with Crippen LogP contribution in [-0.4, -0.2) is 9.78 Å². The molecule has 0 saturated heterocycles. The maximum Gasteiger partial charge on any atom is 0.127 e. The highest BCUT2D eigenvalue weighted by atomic mass is 79.9.